The van der Waals surface area contributed by atoms with Gasteiger partial charge < -0.3 is 20.9 Å². The van der Waals surface area contributed by atoms with E-state index in [0.717, 1.165) is 32.6 Å². The average molecular weight is 294 g/mol. The molecule has 0 aromatic carbocycles. The lowest BCUT2D eigenvalue weighted by molar-refractivity contribution is -0.122. The van der Waals surface area contributed by atoms with E-state index in [1.165, 1.54) is 6.20 Å². The number of carbonyl (C=O) groups is 1. The molecular weight excluding hydrogens is 275 g/mol. The second-order valence-corrected chi connectivity index (χ2v) is 5.44. The predicted octanol–water partition coefficient (Wildman–Crippen LogP) is -0.663. The number of nitrogens with one attached hydrogen (secondary N) is 1. The molecule has 0 aliphatic carbocycles. The Morgan fingerprint density at radius 1 is 1.33 bits per heavy atom. The molecule has 0 radical (unpaired) electrons. The summed E-state index contributed by atoms with van der Waals surface area (Å²) in [6.45, 7) is 4.33. The van der Waals surface area contributed by atoms with Gasteiger partial charge in [-0.15, -0.1) is 0 Å². The van der Waals surface area contributed by atoms with E-state index in [1.54, 1.807) is 4.90 Å². The third kappa shape index (κ3) is 2.90. The van der Waals surface area contributed by atoms with Gasteiger partial charge in [-0.2, -0.15) is 4.98 Å². The van der Waals surface area contributed by atoms with Crippen LogP contribution in [-0.2, 0) is 4.79 Å². The van der Waals surface area contributed by atoms with Crippen molar-refractivity contribution in [3.8, 4) is 0 Å². The number of anilines is 2. The van der Waals surface area contributed by atoms with Crippen molar-refractivity contribution >= 4 is 17.7 Å². The lowest BCUT2D eigenvalue weighted by atomic mass is 10.00. The Hall–Kier alpha value is -1.96. The van der Waals surface area contributed by atoms with Gasteiger partial charge in [0, 0.05) is 32.7 Å². The van der Waals surface area contributed by atoms with E-state index in [9.17, 15) is 9.18 Å². The Bertz CT molecular complexity index is 525. The molecule has 1 aromatic heterocycles. The van der Waals surface area contributed by atoms with E-state index in [4.69, 9.17) is 5.73 Å². The van der Waals surface area contributed by atoms with E-state index < -0.39 is 5.82 Å². The van der Waals surface area contributed by atoms with Crippen LogP contribution in [0.1, 0.15) is 6.42 Å². The highest BCUT2D eigenvalue weighted by Crippen LogP contribution is 2.26. The molecule has 3 rings (SSSR count). The number of rotatable bonds is 3. The fourth-order valence-electron chi connectivity index (χ4n) is 2.60. The van der Waals surface area contributed by atoms with Gasteiger partial charge in [0.15, 0.2) is 11.6 Å². The molecule has 2 saturated heterocycles. The molecule has 3 heterocycles. The number of hydrogen-bond acceptors (Lipinski definition) is 6. The van der Waals surface area contributed by atoms with Crippen LogP contribution in [0.5, 0.6) is 0 Å². The highest BCUT2D eigenvalue weighted by molar-refractivity contribution is 5.80. The monoisotopic (exact) mass is 294 g/mol. The topological polar surface area (TPSA) is 87.4 Å². The fourth-order valence-corrected chi connectivity index (χ4v) is 2.60. The van der Waals surface area contributed by atoms with E-state index in [2.05, 4.69) is 15.3 Å². The highest BCUT2D eigenvalue weighted by atomic mass is 19.1. The number of nitrogens with two attached hydrogens (primary N) is 1. The van der Waals surface area contributed by atoms with Gasteiger partial charge >= 0.3 is 0 Å². The molecule has 8 heteroatoms. The van der Waals surface area contributed by atoms with E-state index in [1.807, 2.05) is 4.90 Å². The first-order valence-electron chi connectivity index (χ1n) is 7.17. The first-order valence-corrected chi connectivity index (χ1v) is 7.17. The largest absolute Gasteiger partial charge is 0.369 e. The average Bonchev–Trinajstić information content (AvgIpc) is 2.67. The number of primary amides is 1. The van der Waals surface area contributed by atoms with Gasteiger partial charge in [0.2, 0.25) is 11.9 Å². The summed E-state index contributed by atoms with van der Waals surface area (Å²) in [5.41, 5.74) is 5.23. The van der Waals surface area contributed by atoms with Crippen LogP contribution in [0.2, 0.25) is 0 Å². The minimum Gasteiger partial charge on any atom is -0.369 e. The highest BCUT2D eigenvalue weighted by Gasteiger charge is 2.34. The minimum absolute atomic E-state index is 0.217. The van der Waals surface area contributed by atoms with Gasteiger partial charge in [0.05, 0.1) is 12.1 Å². The summed E-state index contributed by atoms with van der Waals surface area (Å²) in [7, 11) is 0. The Morgan fingerprint density at radius 2 is 2.14 bits per heavy atom. The predicted molar refractivity (Wildman–Crippen MR) is 76.6 cm³/mol. The maximum Gasteiger partial charge on any atom is 0.227 e. The summed E-state index contributed by atoms with van der Waals surface area (Å²) in [6, 6.07) is 0. The number of nitrogens with zero attached hydrogens (tertiary/aromatic N) is 4. The van der Waals surface area contributed by atoms with Crippen LogP contribution < -0.4 is 20.9 Å². The molecule has 2 fully saturated rings. The van der Waals surface area contributed by atoms with Crippen LogP contribution in [-0.4, -0.2) is 55.1 Å². The lowest BCUT2D eigenvalue weighted by Crippen LogP contribution is -2.53. The molecule has 0 bridgehead atoms. The molecule has 1 amide bonds. The lowest BCUT2D eigenvalue weighted by Gasteiger charge is -2.38. The van der Waals surface area contributed by atoms with Gasteiger partial charge in [-0.1, -0.05) is 0 Å². The van der Waals surface area contributed by atoms with Gasteiger partial charge in [0.25, 0.3) is 0 Å². The fraction of sp³-hybridized carbons (Fsp3) is 0.615. The molecule has 3 N–H and O–H groups in total. The van der Waals surface area contributed by atoms with E-state index in [-0.39, 0.29) is 17.6 Å². The maximum atomic E-state index is 13.9. The summed E-state index contributed by atoms with van der Waals surface area (Å²) < 4.78 is 13.9. The molecule has 2 aliphatic heterocycles. The summed E-state index contributed by atoms with van der Waals surface area (Å²) in [4.78, 5) is 23.3. The second-order valence-electron chi connectivity index (χ2n) is 5.44. The third-order valence-corrected chi connectivity index (χ3v) is 3.92. The Kier molecular flexibility index (Phi) is 3.87. The third-order valence-electron chi connectivity index (χ3n) is 3.92. The van der Waals surface area contributed by atoms with Crippen LogP contribution in [0.25, 0.3) is 0 Å². The Morgan fingerprint density at radius 3 is 2.90 bits per heavy atom. The molecule has 1 aromatic rings. The molecule has 7 nitrogen and oxygen atoms in total. The van der Waals surface area contributed by atoms with Crippen LogP contribution in [0.4, 0.5) is 16.2 Å². The van der Waals surface area contributed by atoms with Crippen molar-refractivity contribution in [2.45, 2.75) is 6.42 Å². The number of carbonyl (C=O) groups excluding carboxylic acids is 1. The zero-order valence-electron chi connectivity index (χ0n) is 11.8. The smallest absolute Gasteiger partial charge is 0.227 e. The van der Waals surface area contributed by atoms with E-state index in [0.29, 0.717) is 19.0 Å². The van der Waals surface area contributed by atoms with Gasteiger partial charge in [-0.25, -0.2) is 9.37 Å². The first kappa shape index (κ1) is 14.0. The molecule has 0 spiro atoms. The van der Waals surface area contributed by atoms with Crippen molar-refractivity contribution in [1.29, 1.82) is 0 Å². The zero-order chi connectivity index (χ0) is 14.8. The van der Waals surface area contributed by atoms with Crippen molar-refractivity contribution in [1.82, 2.24) is 15.3 Å². The van der Waals surface area contributed by atoms with Crippen molar-refractivity contribution < 1.29 is 9.18 Å². The molecule has 0 unspecified atom stereocenters. The summed E-state index contributed by atoms with van der Waals surface area (Å²) in [5.74, 6) is -0.230. The summed E-state index contributed by atoms with van der Waals surface area (Å²) >= 11 is 0. The van der Waals surface area contributed by atoms with Crippen molar-refractivity contribution in [3.05, 3.63) is 12.0 Å². The van der Waals surface area contributed by atoms with Crippen LogP contribution in [0, 0.1) is 11.7 Å². The molecule has 0 atom stereocenters. The molecule has 2 aliphatic rings. The number of hydrogen-bond donors (Lipinski definition) is 2. The van der Waals surface area contributed by atoms with Crippen molar-refractivity contribution in [3.63, 3.8) is 0 Å². The van der Waals surface area contributed by atoms with Gasteiger partial charge in [0.1, 0.15) is 0 Å². The Balaban J connectivity index is 1.75. The Labute approximate surface area is 122 Å². The zero-order valence-corrected chi connectivity index (χ0v) is 11.8. The van der Waals surface area contributed by atoms with Crippen molar-refractivity contribution in [2.24, 2.45) is 11.7 Å². The number of halogens is 1. The molecular formula is C13H19FN6O. The van der Waals surface area contributed by atoms with Crippen LogP contribution in [0.15, 0.2) is 6.20 Å². The second kappa shape index (κ2) is 5.80. The number of aromatic nitrogens is 2. The molecule has 21 heavy (non-hydrogen) atoms. The van der Waals surface area contributed by atoms with Crippen LogP contribution in [0.3, 0.4) is 0 Å². The summed E-state index contributed by atoms with van der Waals surface area (Å²) in [6.07, 6.45) is 2.21. The quantitative estimate of drug-likeness (QED) is 0.769. The summed E-state index contributed by atoms with van der Waals surface area (Å²) in [5, 5.41) is 3.30. The van der Waals surface area contributed by atoms with E-state index >= 15 is 0 Å². The first-order chi connectivity index (χ1) is 10.1. The molecule has 0 saturated carbocycles. The number of amides is 1. The standard InChI is InChI=1S/C13H19FN6O/c14-10-6-17-13(19-4-1-2-16-3-5-19)18-12(10)20-7-9(8-20)11(15)21/h6,9,16H,1-5,7-8H2,(H2,15,21). The van der Waals surface area contributed by atoms with Crippen molar-refractivity contribution in [2.75, 3.05) is 49.1 Å². The van der Waals surface area contributed by atoms with Crippen LogP contribution >= 0.6 is 0 Å². The SMILES string of the molecule is NC(=O)C1CN(c2nc(N3CCCNCC3)ncc2F)C1. The normalized spacial score (nSPS) is 20.0. The molecule has 114 valence electrons. The maximum absolute atomic E-state index is 13.9. The van der Waals surface area contributed by atoms with Gasteiger partial charge in [-0.3, -0.25) is 4.79 Å². The van der Waals surface area contributed by atoms with Gasteiger partial charge in [-0.05, 0) is 13.0 Å². The minimum atomic E-state index is -0.463.